The van der Waals surface area contributed by atoms with Crippen molar-refractivity contribution < 1.29 is 97.7 Å². The highest BCUT2D eigenvalue weighted by molar-refractivity contribution is 5.18. The van der Waals surface area contributed by atoms with Gasteiger partial charge in [-0.15, -0.1) is 0 Å². The average molecular weight is 1170 g/mol. The van der Waals surface area contributed by atoms with Crippen LogP contribution in [0.4, 0.5) is 0 Å². The summed E-state index contributed by atoms with van der Waals surface area (Å²) in [5.74, 6) is 0. The number of rotatable bonds is 24. The molecule has 0 bridgehead atoms. The van der Waals surface area contributed by atoms with E-state index in [-0.39, 0.29) is 24.9 Å². The van der Waals surface area contributed by atoms with Gasteiger partial charge in [0.2, 0.25) is 0 Å². The molecule has 4 saturated heterocycles. The predicted molar refractivity (Wildman–Crippen MR) is 304 cm³/mol. The van der Waals surface area contributed by atoms with Crippen molar-refractivity contribution in [3.05, 3.63) is 215 Å². The Bertz CT molecular complexity index is 2620. The van der Waals surface area contributed by atoms with Gasteiger partial charge in [-0.05, 0) is 33.4 Å². The third-order valence-electron chi connectivity index (χ3n) is 14.0. The predicted octanol–water partition coefficient (Wildman–Crippen LogP) is 4.33. The van der Waals surface area contributed by atoms with Gasteiger partial charge in [-0.2, -0.15) is 0 Å². The fourth-order valence-electron chi connectivity index (χ4n) is 9.36. The molecule has 16 atom stereocenters. The van der Waals surface area contributed by atoms with E-state index in [0.29, 0.717) is 52.9 Å². The number of aliphatic hydroxyl groups is 8. The highest BCUT2D eigenvalue weighted by Gasteiger charge is 2.48. The van der Waals surface area contributed by atoms with E-state index in [2.05, 4.69) is 9.47 Å². The molecule has 0 amide bonds. The second-order valence-electron chi connectivity index (χ2n) is 20.1. The fraction of sp³-hybridized carbons (Fsp3) is 0.438. The van der Waals surface area contributed by atoms with Gasteiger partial charge in [0.25, 0.3) is 0 Å². The Labute approximate surface area is 490 Å². The highest BCUT2D eigenvalue weighted by Crippen LogP contribution is 2.31. The zero-order chi connectivity index (χ0) is 59.5. The summed E-state index contributed by atoms with van der Waals surface area (Å²) in [6, 6.07) is 60.0. The number of benzene rings is 6. The molecule has 0 radical (unpaired) electrons. The maximum atomic E-state index is 10.5. The Morgan fingerprint density at radius 2 is 0.607 bits per heavy atom. The molecule has 10 rings (SSSR count). The lowest BCUT2D eigenvalue weighted by atomic mass is 10.1. The summed E-state index contributed by atoms with van der Waals surface area (Å²) in [5.41, 5.74) is 6.47. The van der Waals surface area contributed by atoms with Gasteiger partial charge >= 0.3 is 0 Å². The zero-order valence-corrected chi connectivity index (χ0v) is 47.1. The van der Waals surface area contributed by atoms with Crippen LogP contribution in [0.25, 0.3) is 0 Å². The molecule has 0 saturated carbocycles. The van der Waals surface area contributed by atoms with E-state index < -0.39 is 86.7 Å². The molecule has 0 spiro atoms. The first-order chi connectivity index (χ1) is 41.0. The Morgan fingerprint density at radius 1 is 0.310 bits per heavy atom. The van der Waals surface area contributed by atoms with Gasteiger partial charge in [-0.25, -0.2) is 0 Å². The minimum Gasteiger partial charge on any atom is -0.394 e. The number of ether oxygens (including phenoxy) is 12. The standard InChI is InChI=1S/C27H30O5.C26H28O5.C6H12O5.C5H10O5/c1-28-27-26(31-19-23-15-9-4-10-16-23)25(30-18-22-13-7-3-8-14-22)24(32-27)20-29-17-21-11-5-2-6-12-21;27-26-25(30-18-22-14-8-3-9-15-22)24(29-17-21-12-6-2-7-13-21)23(31-26)19-28-16-20-10-4-1-5-11-20;1-10-6-5(9)4(8)3(2-7)11-6;6-1-2-3(7)4(8)5(9)10-2/h2-16,24-27H,17-20H2,1H3;1-15,23-27H,16-19H2;3-9H,2H2,1H3;2-9H,1H2/t24-,25-,26+,27?;23-,24-,25+,26?;3-,4-,5+,6?;2-,3-,4+,5?/m1111/s1. The molecule has 456 valence electrons. The van der Waals surface area contributed by atoms with Gasteiger partial charge in [0.1, 0.15) is 73.2 Å². The minimum atomic E-state index is -1.38. The molecular weight excluding hydrogens is 1090 g/mol. The smallest absolute Gasteiger partial charge is 0.186 e. The van der Waals surface area contributed by atoms with E-state index in [0.717, 1.165) is 33.4 Å². The second kappa shape index (κ2) is 35.9. The molecule has 4 unspecified atom stereocenters. The number of methoxy groups -OCH3 is 2. The van der Waals surface area contributed by atoms with Gasteiger partial charge < -0.3 is 97.7 Å². The first kappa shape index (κ1) is 66.1. The first-order valence-corrected chi connectivity index (χ1v) is 27.8. The Balaban J connectivity index is 0.000000180. The van der Waals surface area contributed by atoms with Crippen molar-refractivity contribution in [3.8, 4) is 0 Å². The molecule has 20 heteroatoms. The molecule has 4 aliphatic heterocycles. The topological polar surface area (TPSA) is 273 Å². The van der Waals surface area contributed by atoms with Crippen LogP contribution in [-0.4, -0.2) is 180 Å². The molecular formula is C64H80O20. The summed E-state index contributed by atoms with van der Waals surface area (Å²) < 4.78 is 68.3. The van der Waals surface area contributed by atoms with Crippen LogP contribution in [0.5, 0.6) is 0 Å². The van der Waals surface area contributed by atoms with Gasteiger partial charge in [0, 0.05) is 14.2 Å². The van der Waals surface area contributed by atoms with Crippen molar-refractivity contribution in [1.82, 2.24) is 0 Å². The average Bonchev–Trinajstić information content (AvgIpc) is 4.26. The maximum absolute atomic E-state index is 10.5. The van der Waals surface area contributed by atoms with Crippen LogP contribution in [0, 0.1) is 0 Å². The lowest BCUT2D eigenvalue weighted by Gasteiger charge is -2.24. The van der Waals surface area contributed by atoms with E-state index in [4.69, 9.17) is 83.1 Å². The highest BCUT2D eigenvalue weighted by atomic mass is 16.7. The van der Waals surface area contributed by atoms with Crippen LogP contribution in [-0.2, 0) is 96.5 Å². The van der Waals surface area contributed by atoms with Crippen LogP contribution in [0.15, 0.2) is 182 Å². The van der Waals surface area contributed by atoms with Gasteiger partial charge in [0.15, 0.2) is 25.2 Å². The molecule has 4 fully saturated rings. The summed E-state index contributed by atoms with van der Waals surface area (Å²) in [6.45, 7) is 2.64. The normalized spacial score (nSPS) is 28.8. The molecule has 8 N–H and O–H groups in total. The van der Waals surface area contributed by atoms with E-state index >= 15 is 0 Å². The van der Waals surface area contributed by atoms with Crippen LogP contribution in [0.3, 0.4) is 0 Å². The lowest BCUT2D eigenvalue weighted by molar-refractivity contribution is -0.171. The van der Waals surface area contributed by atoms with Crippen LogP contribution >= 0.6 is 0 Å². The Hall–Kier alpha value is -5.48. The number of hydrogen-bond donors (Lipinski definition) is 8. The van der Waals surface area contributed by atoms with Crippen molar-refractivity contribution in [2.75, 3.05) is 40.6 Å². The summed E-state index contributed by atoms with van der Waals surface area (Å²) >= 11 is 0. The molecule has 4 aliphatic rings. The van der Waals surface area contributed by atoms with Crippen molar-refractivity contribution in [3.63, 3.8) is 0 Å². The van der Waals surface area contributed by atoms with Gasteiger partial charge in [0.05, 0.1) is 66.1 Å². The van der Waals surface area contributed by atoms with Crippen molar-refractivity contribution in [2.24, 2.45) is 0 Å². The monoisotopic (exact) mass is 1170 g/mol. The van der Waals surface area contributed by atoms with Crippen LogP contribution < -0.4 is 0 Å². The SMILES string of the molecule is COC1O[C@H](CO)[C@@H](O)[C@@H]1O.COC1O[C@H](COCc2ccccc2)[C@@H](OCc2ccccc2)[C@@H]1OCc1ccccc1.OC1O[C@H](COCc2ccccc2)[C@@H](OCc2ccccc2)[C@@H]1OCc1ccccc1.OC[C@H]1OC(O)[C@@H](O)[C@@H]1O. The molecule has 6 aromatic carbocycles. The van der Waals surface area contributed by atoms with Gasteiger partial charge in [-0.3, -0.25) is 0 Å². The molecule has 0 aliphatic carbocycles. The minimum absolute atomic E-state index is 0.298. The summed E-state index contributed by atoms with van der Waals surface area (Å²) in [7, 11) is 2.99. The molecule has 6 aromatic rings. The van der Waals surface area contributed by atoms with Crippen LogP contribution in [0.1, 0.15) is 33.4 Å². The summed E-state index contributed by atoms with van der Waals surface area (Å²) in [5, 5.41) is 72.4. The van der Waals surface area contributed by atoms with Crippen molar-refractivity contribution in [2.45, 2.75) is 138 Å². The quantitative estimate of drug-likeness (QED) is 0.0419. The van der Waals surface area contributed by atoms with E-state index in [1.807, 2.05) is 182 Å². The summed E-state index contributed by atoms with van der Waals surface area (Å²) in [6.07, 6.45) is -12.5. The summed E-state index contributed by atoms with van der Waals surface area (Å²) in [4.78, 5) is 0. The molecule has 84 heavy (non-hydrogen) atoms. The molecule has 20 nitrogen and oxygen atoms in total. The zero-order valence-electron chi connectivity index (χ0n) is 47.1. The Morgan fingerprint density at radius 3 is 0.929 bits per heavy atom. The lowest BCUT2D eigenvalue weighted by Crippen LogP contribution is -2.39. The number of aliphatic hydroxyl groups excluding tert-OH is 8. The third kappa shape index (κ3) is 20.3. The van der Waals surface area contributed by atoms with Crippen molar-refractivity contribution >= 4 is 0 Å². The third-order valence-corrected chi connectivity index (χ3v) is 14.0. The number of hydrogen-bond acceptors (Lipinski definition) is 20. The first-order valence-electron chi connectivity index (χ1n) is 27.8. The second-order valence-corrected chi connectivity index (χ2v) is 20.1. The molecule has 0 aromatic heterocycles. The van der Waals surface area contributed by atoms with Crippen molar-refractivity contribution in [1.29, 1.82) is 0 Å². The largest absolute Gasteiger partial charge is 0.394 e. The van der Waals surface area contributed by atoms with Crippen LogP contribution in [0.2, 0.25) is 0 Å². The van der Waals surface area contributed by atoms with E-state index in [1.165, 1.54) is 7.11 Å². The molecule has 4 heterocycles. The fourth-order valence-corrected chi connectivity index (χ4v) is 9.36. The van der Waals surface area contributed by atoms with E-state index in [9.17, 15) is 5.11 Å². The Kier molecular flexibility index (Phi) is 28.2. The maximum Gasteiger partial charge on any atom is 0.186 e. The van der Waals surface area contributed by atoms with E-state index in [1.54, 1.807) is 7.11 Å². The van der Waals surface area contributed by atoms with Gasteiger partial charge in [-0.1, -0.05) is 182 Å².